The molecule has 8 heteroatoms. The van der Waals surface area contributed by atoms with Crippen LogP contribution in [-0.2, 0) is 13.0 Å². The van der Waals surface area contributed by atoms with Crippen molar-refractivity contribution in [1.29, 1.82) is 0 Å². The van der Waals surface area contributed by atoms with E-state index in [4.69, 9.17) is 4.74 Å². The van der Waals surface area contributed by atoms with E-state index in [-0.39, 0.29) is 18.4 Å². The Labute approximate surface area is 252 Å². The maximum atomic E-state index is 13.5. The van der Waals surface area contributed by atoms with Crippen molar-refractivity contribution in [2.24, 2.45) is 0 Å². The van der Waals surface area contributed by atoms with E-state index >= 15 is 0 Å². The van der Waals surface area contributed by atoms with Gasteiger partial charge in [0.1, 0.15) is 5.75 Å². The number of ether oxygens (including phenoxy) is 1. The number of hydrogen-bond acceptors (Lipinski definition) is 5. The number of methoxy groups -OCH3 is 1. The first-order chi connectivity index (χ1) is 19.7. The van der Waals surface area contributed by atoms with E-state index < -0.39 is 12.1 Å². The van der Waals surface area contributed by atoms with Crippen molar-refractivity contribution in [1.82, 2.24) is 15.5 Å². The first kappa shape index (κ1) is 32.3. The van der Waals surface area contributed by atoms with E-state index in [1.807, 2.05) is 80.3 Å². The van der Waals surface area contributed by atoms with Crippen molar-refractivity contribution in [3.63, 3.8) is 0 Å². The minimum absolute atomic E-state index is 0.0705. The Balaban J connectivity index is 1.77. The Morgan fingerprint density at radius 2 is 1.63 bits per heavy atom. The molecule has 41 heavy (non-hydrogen) atoms. The number of benzene rings is 3. The maximum Gasteiger partial charge on any atom is 0.253 e. The average molecular weight is 625 g/mol. The summed E-state index contributed by atoms with van der Waals surface area (Å²) in [7, 11) is 1.63. The highest BCUT2D eigenvalue weighted by Crippen LogP contribution is 2.17. The van der Waals surface area contributed by atoms with Crippen molar-refractivity contribution < 1.29 is 19.4 Å². The summed E-state index contributed by atoms with van der Waals surface area (Å²) in [4.78, 5) is 28.6. The van der Waals surface area contributed by atoms with E-state index in [0.717, 1.165) is 39.8 Å². The fourth-order valence-electron chi connectivity index (χ4n) is 4.82. The van der Waals surface area contributed by atoms with Gasteiger partial charge >= 0.3 is 0 Å². The van der Waals surface area contributed by atoms with E-state index in [9.17, 15) is 14.7 Å². The van der Waals surface area contributed by atoms with Crippen LogP contribution in [0.25, 0.3) is 0 Å². The van der Waals surface area contributed by atoms with Gasteiger partial charge in [-0.25, -0.2) is 0 Å². The molecule has 0 unspecified atom stereocenters. The average Bonchev–Trinajstić information content (AvgIpc) is 2.96. The summed E-state index contributed by atoms with van der Waals surface area (Å²) in [5.41, 5.74) is 3.74. The van der Waals surface area contributed by atoms with Crippen LogP contribution in [0.4, 0.5) is 0 Å². The smallest absolute Gasteiger partial charge is 0.253 e. The molecule has 2 amide bonds. The van der Waals surface area contributed by atoms with Crippen LogP contribution in [0.5, 0.6) is 5.75 Å². The lowest BCUT2D eigenvalue weighted by atomic mass is 9.99. The molecule has 7 nitrogen and oxygen atoms in total. The molecule has 0 bridgehead atoms. The lowest BCUT2D eigenvalue weighted by molar-refractivity contribution is 0.0755. The molecule has 3 aromatic carbocycles. The molecule has 3 aromatic rings. The highest BCUT2D eigenvalue weighted by atomic mass is 79.9. The third-order valence-corrected chi connectivity index (χ3v) is 7.30. The molecule has 0 fully saturated rings. The predicted molar refractivity (Wildman–Crippen MR) is 167 cm³/mol. The molecule has 0 aliphatic heterocycles. The number of nitrogens with one attached hydrogen (secondary N) is 2. The van der Waals surface area contributed by atoms with Crippen LogP contribution in [0.1, 0.15) is 64.1 Å². The fourth-order valence-corrected chi connectivity index (χ4v) is 5.26. The van der Waals surface area contributed by atoms with Crippen molar-refractivity contribution >= 4 is 27.7 Å². The zero-order chi connectivity index (χ0) is 29.8. The van der Waals surface area contributed by atoms with Crippen LogP contribution in [0.15, 0.2) is 71.2 Å². The highest BCUT2D eigenvalue weighted by molar-refractivity contribution is 9.10. The van der Waals surface area contributed by atoms with Crippen molar-refractivity contribution in [3.05, 3.63) is 99.0 Å². The molecule has 2 atom stereocenters. The first-order valence-electron chi connectivity index (χ1n) is 14.2. The molecular formula is C33H42BrN3O4. The predicted octanol–water partition coefficient (Wildman–Crippen LogP) is 5.52. The second-order valence-electron chi connectivity index (χ2n) is 10.3. The topological polar surface area (TPSA) is 90.9 Å². The molecule has 0 saturated heterocycles. The van der Waals surface area contributed by atoms with Crippen LogP contribution in [0.2, 0.25) is 0 Å². The van der Waals surface area contributed by atoms with Crippen molar-refractivity contribution in [2.45, 2.75) is 58.7 Å². The van der Waals surface area contributed by atoms with Gasteiger partial charge in [0.05, 0.1) is 19.3 Å². The molecule has 0 aliphatic carbocycles. The number of halogens is 1. The van der Waals surface area contributed by atoms with Gasteiger partial charge in [-0.2, -0.15) is 0 Å². The number of aliphatic hydroxyl groups is 1. The van der Waals surface area contributed by atoms with Gasteiger partial charge in [0.15, 0.2) is 0 Å². The van der Waals surface area contributed by atoms with Crippen LogP contribution >= 0.6 is 15.9 Å². The normalized spacial score (nSPS) is 12.4. The van der Waals surface area contributed by atoms with Crippen LogP contribution in [0.3, 0.4) is 0 Å². The maximum absolute atomic E-state index is 13.5. The van der Waals surface area contributed by atoms with Crippen LogP contribution in [0, 0.1) is 6.92 Å². The van der Waals surface area contributed by atoms with Gasteiger partial charge in [0, 0.05) is 41.8 Å². The Bertz CT molecular complexity index is 1290. The number of aliphatic hydroxyl groups excluding tert-OH is 1. The number of amides is 2. The van der Waals surface area contributed by atoms with Gasteiger partial charge in [0.2, 0.25) is 0 Å². The number of nitrogens with zero attached hydrogens (tertiary/aromatic N) is 1. The summed E-state index contributed by atoms with van der Waals surface area (Å²) in [6.45, 7) is 8.14. The Kier molecular flexibility index (Phi) is 12.8. The number of carbonyl (C=O) groups is 2. The third-order valence-electron chi connectivity index (χ3n) is 6.80. The summed E-state index contributed by atoms with van der Waals surface area (Å²) in [5, 5.41) is 17.6. The summed E-state index contributed by atoms with van der Waals surface area (Å²) in [6.07, 6.45) is 1.31. The summed E-state index contributed by atoms with van der Waals surface area (Å²) in [5.74, 6) is 0.374. The van der Waals surface area contributed by atoms with Gasteiger partial charge < -0.3 is 25.4 Å². The standard InChI is InChI=1S/C33H42BrN3O4/c1-5-13-37(14-6-2)33(40)27-16-23(3)15-26(20-27)32(39)36-30(19-24-9-7-11-28(34)17-24)31(38)22-35-21-25-10-8-12-29(18-25)41-4/h7-12,15-18,20,30-31,35,38H,5-6,13-14,19,21-22H2,1-4H3,(H,36,39)/t30-,31+/m0/s1. The summed E-state index contributed by atoms with van der Waals surface area (Å²) < 4.78 is 6.23. The number of aryl methyl sites for hydroxylation is 1. The summed E-state index contributed by atoms with van der Waals surface area (Å²) >= 11 is 3.51. The van der Waals surface area contributed by atoms with E-state index in [1.54, 1.807) is 19.2 Å². The molecule has 0 aromatic heterocycles. The molecule has 3 rings (SSSR count). The molecule has 0 heterocycles. The van der Waals surface area contributed by atoms with E-state index in [1.165, 1.54) is 0 Å². The van der Waals surface area contributed by atoms with Crippen molar-refractivity contribution in [3.8, 4) is 5.75 Å². The minimum Gasteiger partial charge on any atom is -0.497 e. The van der Waals surface area contributed by atoms with Gasteiger partial charge in [-0.05, 0) is 85.3 Å². The van der Waals surface area contributed by atoms with Gasteiger partial charge in [-0.15, -0.1) is 0 Å². The van der Waals surface area contributed by atoms with Gasteiger partial charge in [0.25, 0.3) is 11.8 Å². The molecule has 0 spiro atoms. The van der Waals surface area contributed by atoms with Gasteiger partial charge in [-0.1, -0.05) is 54.0 Å². The monoisotopic (exact) mass is 623 g/mol. The number of rotatable bonds is 15. The Morgan fingerprint density at radius 1 is 0.951 bits per heavy atom. The second-order valence-corrected chi connectivity index (χ2v) is 11.3. The molecule has 0 aliphatic rings. The van der Waals surface area contributed by atoms with Crippen LogP contribution < -0.4 is 15.4 Å². The second kappa shape index (κ2) is 16.3. The Hall–Kier alpha value is -3.20. The zero-order valence-corrected chi connectivity index (χ0v) is 26.0. The molecule has 3 N–H and O–H groups in total. The third kappa shape index (κ3) is 9.99. The highest BCUT2D eigenvalue weighted by Gasteiger charge is 2.24. The minimum atomic E-state index is -0.862. The number of carbonyl (C=O) groups excluding carboxylic acids is 2. The molecular weight excluding hydrogens is 582 g/mol. The van der Waals surface area contributed by atoms with Gasteiger partial charge in [-0.3, -0.25) is 9.59 Å². The van der Waals surface area contributed by atoms with Crippen molar-refractivity contribution in [2.75, 3.05) is 26.7 Å². The fraction of sp³-hybridized carbons (Fsp3) is 0.394. The lowest BCUT2D eigenvalue weighted by Crippen LogP contribution is -2.48. The quantitative estimate of drug-likeness (QED) is 0.207. The Morgan fingerprint density at radius 3 is 2.32 bits per heavy atom. The first-order valence-corrected chi connectivity index (χ1v) is 15.0. The zero-order valence-electron chi connectivity index (χ0n) is 24.5. The molecule has 0 saturated carbocycles. The lowest BCUT2D eigenvalue weighted by Gasteiger charge is -2.25. The molecule has 0 radical (unpaired) electrons. The number of hydrogen-bond donors (Lipinski definition) is 3. The SMILES string of the molecule is CCCN(CCC)C(=O)c1cc(C)cc(C(=O)N[C@@H](Cc2cccc(Br)c2)[C@H](O)CNCc2cccc(OC)c2)c1. The van der Waals surface area contributed by atoms with E-state index in [0.29, 0.717) is 37.2 Å². The molecule has 220 valence electrons. The summed E-state index contributed by atoms with van der Waals surface area (Å²) in [6, 6.07) is 20.3. The largest absolute Gasteiger partial charge is 0.497 e. The van der Waals surface area contributed by atoms with Crippen LogP contribution in [-0.4, -0.2) is 60.7 Å². The van der Waals surface area contributed by atoms with E-state index in [2.05, 4.69) is 26.6 Å².